The summed E-state index contributed by atoms with van der Waals surface area (Å²) in [5.74, 6) is -2.45. The molecule has 0 unspecified atom stereocenters. The minimum Gasteiger partial charge on any atom is -0.500 e. The molecule has 1 aliphatic rings. The highest BCUT2D eigenvalue weighted by molar-refractivity contribution is 6.35. The molecular formula is C13H14N4O6. The Balaban J connectivity index is 2.06. The van der Waals surface area contributed by atoms with Gasteiger partial charge in [-0.1, -0.05) is 0 Å². The zero-order valence-electron chi connectivity index (χ0n) is 12.1. The summed E-state index contributed by atoms with van der Waals surface area (Å²) in [5, 5.41) is 26.5. The van der Waals surface area contributed by atoms with Crippen molar-refractivity contribution in [1.82, 2.24) is 10.7 Å². The van der Waals surface area contributed by atoms with Gasteiger partial charge in [0.05, 0.1) is 18.2 Å². The van der Waals surface area contributed by atoms with Gasteiger partial charge in [-0.2, -0.15) is 5.10 Å². The second-order valence-corrected chi connectivity index (χ2v) is 4.79. The number of amides is 2. The van der Waals surface area contributed by atoms with Crippen LogP contribution in [0.3, 0.4) is 0 Å². The number of nitrogens with one attached hydrogen (secondary N) is 2. The number of nitro groups is 1. The number of nitro benzene ring substituents is 1. The molecule has 23 heavy (non-hydrogen) atoms. The maximum absolute atomic E-state index is 11.4. The molecule has 0 aromatic heterocycles. The number of aromatic hydroxyl groups is 1. The van der Waals surface area contributed by atoms with Crippen molar-refractivity contribution in [2.45, 2.75) is 18.9 Å². The van der Waals surface area contributed by atoms with Crippen molar-refractivity contribution in [1.29, 1.82) is 0 Å². The fourth-order valence-electron chi connectivity index (χ4n) is 1.68. The van der Waals surface area contributed by atoms with Gasteiger partial charge in [-0.15, -0.1) is 0 Å². The van der Waals surface area contributed by atoms with E-state index in [-0.39, 0.29) is 17.4 Å². The molecule has 0 radical (unpaired) electrons. The Morgan fingerprint density at radius 2 is 2.13 bits per heavy atom. The Kier molecular flexibility index (Phi) is 4.74. The number of phenols is 1. The van der Waals surface area contributed by atoms with Gasteiger partial charge in [0, 0.05) is 17.7 Å². The minimum atomic E-state index is -0.937. The van der Waals surface area contributed by atoms with Crippen molar-refractivity contribution in [3.05, 3.63) is 27.8 Å². The molecule has 1 fully saturated rings. The third-order valence-corrected chi connectivity index (χ3v) is 2.99. The van der Waals surface area contributed by atoms with Crippen LogP contribution in [0.5, 0.6) is 11.5 Å². The van der Waals surface area contributed by atoms with E-state index in [9.17, 15) is 24.8 Å². The van der Waals surface area contributed by atoms with Gasteiger partial charge < -0.3 is 15.2 Å². The lowest BCUT2D eigenvalue weighted by molar-refractivity contribution is -0.386. The van der Waals surface area contributed by atoms with Crippen molar-refractivity contribution < 1.29 is 24.4 Å². The van der Waals surface area contributed by atoms with E-state index in [0.29, 0.717) is 0 Å². The van der Waals surface area contributed by atoms with E-state index in [2.05, 4.69) is 10.4 Å². The molecule has 1 aromatic carbocycles. The average Bonchev–Trinajstić information content (AvgIpc) is 3.32. The van der Waals surface area contributed by atoms with Gasteiger partial charge in [-0.05, 0) is 18.9 Å². The van der Waals surface area contributed by atoms with Gasteiger partial charge in [0.2, 0.25) is 5.75 Å². The van der Waals surface area contributed by atoms with Crippen LogP contribution in [0.25, 0.3) is 0 Å². The first-order chi connectivity index (χ1) is 10.9. The highest BCUT2D eigenvalue weighted by Crippen LogP contribution is 2.36. The molecule has 1 aliphatic carbocycles. The highest BCUT2D eigenvalue weighted by Gasteiger charge is 2.26. The van der Waals surface area contributed by atoms with Crippen LogP contribution in [-0.4, -0.2) is 41.2 Å². The van der Waals surface area contributed by atoms with Crippen LogP contribution in [0.1, 0.15) is 18.4 Å². The normalized spacial score (nSPS) is 13.6. The minimum absolute atomic E-state index is 0.0428. The lowest BCUT2D eigenvalue weighted by atomic mass is 10.2. The summed E-state index contributed by atoms with van der Waals surface area (Å²) >= 11 is 0. The predicted molar refractivity (Wildman–Crippen MR) is 78.2 cm³/mol. The van der Waals surface area contributed by atoms with Gasteiger partial charge >= 0.3 is 17.5 Å². The van der Waals surface area contributed by atoms with E-state index in [4.69, 9.17) is 4.74 Å². The number of hydrazone groups is 1. The molecule has 1 aromatic rings. The smallest absolute Gasteiger partial charge is 0.329 e. The van der Waals surface area contributed by atoms with Crippen molar-refractivity contribution in [2.24, 2.45) is 5.10 Å². The number of methoxy groups -OCH3 is 1. The molecule has 10 nitrogen and oxygen atoms in total. The molecule has 10 heteroatoms. The number of ether oxygens (including phenoxy) is 1. The van der Waals surface area contributed by atoms with Crippen LogP contribution >= 0.6 is 0 Å². The van der Waals surface area contributed by atoms with Crippen LogP contribution in [0.2, 0.25) is 0 Å². The maximum Gasteiger partial charge on any atom is 0.329 e. The molecule has 0 heterocycles. The van der Waals surface area contributed by atoms with Crippen LogP contribution < -0.4 is 15.5 Å². The maximum atomic E-state index is 11.4. The molecule has 0 spiro atoms. The molecule has 122 valence electrons. The number of carbonyl (C=O) groups is 2. The van der Waals surface area contributed by atoms with Crippen LogP contribution in [0, 0.1) is 10.1 Å². The first-order valence-electron chi connectivity index (χ1n) is 6.61. The van der Waals surface area contributed by atoms with E-state index in [0.717, 1.165) is 25.1 Å². The summed E-state index contributed by atoms with van der Waals surface area (Å²) in [6.45, 7) is 0. The second kappa shape index (κ2) is 6.73. The van der Waals surface area contributed by atoms with E-state index in [1.165, 1.54) is 13.2 Å². The number of phenolic OH excluding ortho intramolecular Hbond substituents is 1. The Hall–Kier alpha value is -3.17. The van der Waals surface area contributed by atoms with Gasteiger partial charge in [-0.25, -0.2) is 5.43 Å². The SMILES string of the molecule is COc1cc(/C=N\NC(=O)C(=O)NC2CC2)cc([N+](=O)[O-])c1O. The Morgan fingerprint density at radius 3 is 2.70 bits per heavy atom. The van der Waals surface area contributed by atoms with Crippen molar-refractivity contribution in [3.63, 3.8) is 0 Å². The number of benzene rings is 1. The number of carbonyl (C=O) groups excluding carboxylic acids is 2. The number of rotatable bonds is 5. The van der Waals surface area contributed by atoms with Crippen molar-refractivity contribution in [2.75, 3.05) is 7.11 Å². The molecular weight excluding hydrogens is 308 g/mol. The van der Waals surface area contributed by atoms with Gasteiger partial charge in [0.1, 0.15) is 0 Å². The van der Waals surface area contributed by atoms with E-state index < -0.39 is 28.2 Å². The molecule has 2 amide bonds. The van der Waals surface area contributed by atoms with Crippen LogP contribution in [-0.2, 0) is 9.59 Å². The summed E-state index contributed by atoms with van der Waals surface area (Å²) < 4.78 is 4.83. The standard InChI is InChI=1S/C13H14N4O6/c1-23-10-5-7(4-9(11(10)18)17(21)22)6-14-16-13(20)12(19)15-8-2-3-8/h4-6,8,18H,2-3H2,1H3,(H,15,19)(H,16,20)/b14-6-. The van der Waals surface area contributed by atoms with Crippen molar-refractivity contribution in [3.8, 4) is 11.5 Å². The quantitative estimate of drug-likeness (QED) is 0.302. The van der Waals surface area contributed by atoms with Gasteiger partial charge in [0.15, 0.2) is 5.75 Å². The summed E-state index contributed by atoms with van der Waals surface area (Å²) in [4.78, 5) is 32.9. The highest BCUT2D eigenvalue weighted by atomic mass is 16.6. The Bertz CT molecular complexity index is 683. The van der Waals surface area contributed by atoms with E-state index >= 15 is 0 Å². The Morgan fingerprint density at radius 1 is 1.43 bits per heavy atom. The van der Waals surface area contributed by atoms with E-state index in [1.54, 1.807) is 0 Å². The Labute approximate surface area is 130 Å². The zero-order valence-corrected chi connectivity index (χ0v) is 12.1. The predicted octanol–water partition coefficient (Wildman–Crippen LogP) is 0.0377. The first kappa shape index (κ1) is 16.2. The third-order valence-electron chi connectivity index (χ3n) is 2.99. The van der Waals surface area contributed by atoms with E-state index in [1.807, 2.05) is 5.43 Å². The number of hydrogen-bond donors (Lipinski definition) is 3. The summed E-state index contributed by atoms with van der Waals surface area (Å²) in [7, 11) is 1.24. The summed E-state index contributed by atoms with van der Waals surface area (Å²) in [6, 6.07) is 2.39. The molecule has 2 rings (SSSR count). The monoisotopic (exact) mass is 322 g/mol. The van der Waals surface area contributed by atoms with Crippen molar-refractivity contribution >= 4 is 23.7 Å². The van der Waals surface area contributed by atoms with Gasteiger partial charge in [0.25, 0.3) is 0 Å². The fraction of sp³-hybridized carbons (Fsp3) is 0.308. The molecule has 0 saturated heterocycles. The van der Waals surface area contributed by atoms with Crippen LogP contribution in [0.4, 0.5) is 5.69 Å². The largest absolute Gasteiger partial charge is 0.500 e. The average molecular weight is 322 g/mol. The molecule has 0 bridgehead atoms. The lowest BCUT2D eigenvalue weighted by Gasteiger charge is -2.05. The summed E-state index contributed by atoms with van der Waals surface area (Å²) in [5.41, 5.74) is 1.65. The number of nitrogens with zero attached hydrogens (tertiary/aromatic N) is 2. The molecule has 3 N–H and O–H groups in total. The lowest BCUT2D eigenvalue weighted by Crippen LogP contribution is -2.38. The van der Waals surface area contributed by atoms with Gasteiger partial charge in [-0.3, -0.25) is 19.7 Å². The second-order valence-electron chi connectivity index (χ2n) is 4.79. The fourth-order valence-corrected chi connectivity index (χ4v) is 1.68. The topological polar surface area (TPSA) is 143 Å². The zero-order chi connectivity index (χ0) is 17.0. The summed E-state index contributed by atoms with van der Waals surface area (Å²) in [6.07, 6.45) is 2.79. The third kappa shape index (κ3) is 4.15. The number of hydrogen-bond acceptors (Lipinski definition) is 7. The molecule has 0 atom stereocenters. The molecule has 0 aliphatic heterocycles. The first-order valence-corrected chi connectivity index (χ1v) is 6.61. The molecule has 1 saturated carbocycles. The van der Waals surface area contributed by atoms with Crippen LogP contribution in [0.15, 0.2) is 17.2 Å².